The molecule has 0 saturated heterocycles. The quantitative estimate of drug-likeness (QED) is 0.515. The number of imide groups is 1. The number of hydrogen-bond donors (Lipinski definition) is 1. The van der Waals surface area contributed by atoms with Gasteiger partial charge in [-0.05, 0) is 56.4 Å². The van der Waals surface area contributed by atoms with Crippen LogP contribution in [0.4, 0.5) is 5.13 Å². The first-order valence-corrected chi connectivity index (χ1v) is 11.3. The van der Waals surface area contributed by atoms with Gasteiger partial charge in [-0.15, -0.1) is 11.3 Å². The number of rotatable bonds is 8. The van der Waals surface area contributed by atoms with Crippen molar-refractivity contribution in [3.8, 4) is 5.75 Å². The molecule has 0 saturated carbocycles. The van der Waals surface area contributed by atoms with Crippen molar-refractivity contribution in [3.05, 3.63) is 75.8 Å². The number of anilines is 1. The first kappa shape index (κ1) is 22.6. The van der Waals surface area contributed by atoms with E-state index in [0.717, 1.165) is 17.0 Å². The number of carbonyl (C=O) groups is 3. The van der Waals surface area contributed by atoms with Crippen molar-refractivity contribution >= 4 is 34.2 Å². The number of ether oxygens (including phenoxy) is 1. The molecule has 0 bridgehead atoms. The van der Waals surface area contributed by atoms with Crippen molar-refractivity contribution in [2.24, 2.45) is 0 Å². The minimum atomic E-state index is -0.388. The Bertz CT molecular complexity index is 1200. The second-order valence-electron chi connectivity index (χ2n) is 7.96. The number of nitrogens with zero attached hydrogens (tertiary/aromatic N) is 3. The van der Waals surface area contributed by atoms with Crippen LogP contribution in [0.3, 0.4) is 0 Å². The molecule has 0 fully saturated rings. The normalized spacial score (nSPS) is 12.9. The van der Waals surface area contributed by atoms with E-state index >= 15 is 0 Å². The van der Waals surface area contributed by atoms with Gasteiger partial charge in [-0.2, -0.15) is 0 Å². The molecular formula is C24H24N4O4S. The summed E-state index contributed by atoms with van der Waals surface area (Å²) in [6.07, 6.45) is 0.530. The zero-order valence-electron chi connectivity index (χ0n) is 18.6. The molecule has 8 nitrogen and oxygen atoms in total. The summed E-state index contributed by atoms with van der Waals surface area (Å²) in [5, 5.41) is 5.14. The van der Waals surface area contributed by atoms with E-state index in [9.17, 15) is 14.4 Å². The molecule has 0 radical (unpaired) electrons. The second-order valence-corrected chi connectivity index (χ2v) is 8.81. The van der Waals surface area contributed by atoms with Crippen molar-refractivity contribution in [2.45, 2.75) is 13.0 Å². The lowest BCUT2D eigenvalue weighted by Gasteiger charge is -2.13. The van der Waals surface area contributed by atoms with E-state index in [0.29, 0.717) is 29.2 Å². The van der Waals surface area contributed by atoms with Gasteiger partial charge in [0.2, 0.25) is 0 Å². The Morgan fingerprint density at radius 3 is 2.52 bits per heavy atom. The highest BCUT2D eigenvalue weighted by Gasteiger charge is 2.35. The lowest BCUT2D eigenvalue weighted by molar-refractivity contribution is 0.0656. The summed E-state index contributed by atoms with van der Waals surface area (Å²) < 4.78 is 5.15. The zero-order chi connectivity index (χ0) is 23.5. The van der Waals surface area contributed by atoms with E-state index in [-0.39, 0.29) is 29.8 Å². The Hall–Kier alpha value is -3.56. The van der Waals surface area contributed by atoms with Crippen LogP contribution in [-0.4, -0.2) is 60.3 Å². The summed E-state index contributed by atoms with van der Waals surface area (Å²) in [7, 11) is 5.49. The van der Waals surface area contributed by atoms with E-state index in [2.05, 4.69) is 10.3 Å². The summed E-state index contributed by atoms with van der Waals surface area (Å²) in [4.78, 5) is 46.0. The molecule has 1 aliphatic heterocycles. The molecule has 0 aliphatic carbocycles. The third kappa shape index (κ3) is 4.94. The van der Waals surface area contributed by atoms with Crippen LogP contribution in [0.2, 0.25) is 0 Å². The summed E-state index contributed by atoms with van der Waals surface area (Å²) in [5.41, 5.74) is 2.71. The van der Waals surface area contributed by atoms with Gasteiger partial charge in [0.25, 0.3) is 17.7 Å². The molecule has 1 aromatic heterocycles. The average Bonchev–Trinajstić information content (AvgIpc) is 3.33. The maximum atomic E-state index is 12.9. The SMILES string of the molecule is COc1ccc(CCN2C(=O)c3ccc(C(=O)Nc4nc(CN(C)C)cs4)cc3C2=O)cc1. The molecular weight excluding hydrogens is 440 g/mol. The third-order valence-electron chi connectivity index (χ3n) is 5.27. The van der Waals surface area contributed by atoms with Crippen LogP contribution in [0.1, 0.15) is 42.3 Å². The van der Waals surface area contributed by atoms with E-state index in [1.165, 1.54) is 28.4 Å². The number of thiazole rings is 1. The second kappa shape index (κ2) is 9.51. The summed E-state index contributed by atoms with van der Waals surface area (Å²) in [6, 6.07) is 12.1. The number of nitrogens with one attached hydrogen (secondary N) is 1. The third-order valence-corrected chi connectivity index (χ3v) is 6.07. The first-order valence-electron chi connectivity index (χ1n) is 10.4. The fraction of sp³-hybridized carbons (Fsp3) is 0.250. The van der Waals surface area contributed by atoms with Crippen LogP contribution in [0.25, 0.3) is 0 Å². The number of hydrogen-bond acceptors (Lipinski definition) is 7. The summed E-state index contributed by atoms with van der Waals surface area (Å²) in [5.74, 6) is -0.359. The van der Waals surface area contributed by atoms with Gasteiger partial charge in [-0.3, -0.25) is 24.6 Å². The number of carbonyl (C=O) groups excluding carboxylic acids is 3. The van der Waals surface area contributed by atoms with Crippen LogP contribution in [0.5, 0.6) is 5.75 Å². The topological polar surface area (TPSA) is 91.8 Å². The molecule has 3 aromatic rings. The molecule has 2 aromatic carbocycles. The minimum Gasteiger partial charge on any atom is -0.497 e. The highest BCUT2D eigenvalue weighted by atomic mass is 32.1. The number of benzene rings is 2. The molecule has 33 heavy (non-hydrogen) atoms. The van der Waals surface area contributed by atoms with Gasteiger partial charge in [-0.1, -0.05) is 12.1 Å². The van der Waals surface area contributed by atoms with Crippen LogP contribution in [-0.2, 0) is 13.0 Å². The number of fused-ring (bicyclic) bond motifs is 1. The summed E-state index contributed by atoms with van der Waals surface area (Å²) >= 11 is 1.34. The molecule has 3 amide bonds. The summed E-state index contributed by atoms with van der Waals surface area (Å²) in [6.45, 7) is 0.933. The number of aromatic nitrogens is 1. The maximum absolute atomic E-state index is 12.9. The van der Waals surface area contributed by atoms with Gasteiger partial charge >= 0.3 is 0 Å². The lowest BCUT2D eigenvalue weighted by atomic mass is 10.1. The molecule has 0 unspecified atom stereocenters. The minimum absolute atomic E-state index is 0.245. The molecule has 0 atom stereocenters. The molecule has 4 rings (SSSR count). The Balaban J connectivity index is 1.44. The van der Waals surface area contributed by atoms with Gasteiger partial charge in [-0.25, -0.2) is 4.98 Å². The van der Waals surface area contributed by atoms with Crippen LogP contribution < -0.4 is 10.1 Å². The van der Waals surface area contributed by atoms with Crippen LogP contribution >= 0.6 is 11.3 Å². The van der Waals surface area contributed by atoms with Crippen molar-refractivity contribution in [3.63, 3.8) is 0 Å². The monoisotopic (exact) mass is 464 g/mol. The highest BCUT2D eigenvalue weighted by molar-refractivity contribution is 7.14. The smallest absolute Gasteiger partial charge is 0.261 e. The van der Waals surface area contributed by atoms with Crippen molar-refractivity contribution in [1.82, 2.24) is 14.8 Å². The van der Waals surface area contributed by atoms with Gasteiger partial charge < -0.3 is 9.64 Å². The Kier molecular flexibility index (Phi) is 6.52. The molecule has 1 N–H and O–H groups in total. The molecule has 9 heteroatoms. The standard InChI is InChI=1S/C24H24N4O4S/c1-27(2)13-17-14-33-24(25-17)26-21(29)16-6-9-19-20(12-16)23(31)28(22(19)30)11-10-15-4-7-18(32-3)8-5-15/h4-9,12,14H,10-11,13H2,1-3H3,(H,25,26,29). The average molecular weight is 465 g/mol. The van der Waals surface area contributed by atoms with E-state index in [1.54, 1.807) is 13.2 Å². The largest absolute Gasteiger partial charge is 0.497 e. The Morgan fingerprint density at radius 1 is 1.09 bits per heavy atom. The van der Waals surface area contributed by atoms with Crippen LogP contribution in [0.15, 0.2) is 47.8 Å². The number of methoxy groups -OCH3 is 1. The van der Waals surface area contributed by atoms with Gasteiger partial charge in [0.15, 0.2) is 5.13 Å². The fourth-order valence-corrected chi connectivity index (χ4v) is 4.29. The molecule has 2 heterocycles. The van der Waals surface area contributed by atoms with E-state index in [4.69, 9.17) is 4.74 Å². The van der Waals surface area contributed by atoms with Gasteiger partial charge in [0, 0.05) is 24.0 Å². The van der Waals surface area contributed by atoms with E-state index < -0.39 is 0 Å². The van der Waals surface area contributed by atoms with Crippen molar-refractivity contribution in [1.29, 1.82) is 0 Å². The zero-order valence-corrected chi connectivity index (χ0v) is 19.4. The molecule has 0 spiro atoms. The fourth-order valence-electron chi connectivity index (χ4n) is 3.60. The van der Waals surface area contributed by atoms with E-state index in [1.807, 2.05) is 48.6 Å². The Labute approximate surface area is 195 Å². The van der Waals surface area contributed by atoms with Gasteiger partial charge in [0.05, 0.1) is 23.9 Å². The van der Waals surface area contributed by atoms with Gasteiger partial charge in [0.1, 0.15) is 5.75 Å². The number of amides is 3. The Morgan fingerprint density at radius 2 is 1.82 bits per heavy atom. The molecule has 170 valence electrons. The van der Waals surface area contributed by atoms with Crippen molar-refractivity contribution in [2.75, 3.05) is 33.1 Å². The van der Waals surface area contributed by atoms with Crippen LogP contribution in [0, 0.1) is 0 Å². The maximum Gasteiger partial charge on any atom is 0.261 e. The predicted molar refractivity (Wildman–Crippen MR) is 126 cm³/mol. The highest BCUT2D eigenvalue weighted by Crippen LogP contribution is 2.25. The first-order chi connectivity index (χ1) is 15.9. The predicted octanol–water partition coefficient (Wildman–Crippen LogP) is 3.30. The van der Waals surface area contributed by atoms with Crippen molar-refractivity contribution < 1.29 is 19.1 Å². The lowest BCUT2D eigenvalue weighted by Crippen LogP contribution is -2.31. The molecule has 1 aliphatic rings.